The molecule has 0 saturated carbocycles. The SMILES string of the molecule is CCN(CC)C(=S)Nn1c(Br)c2c3c(cccc31)C1=CCCN(C)[C@@H]1C2. The topological polar surface area (TPSA) is 23.4 Å². The van der Waals surface area contributed by atoms with E-state index in [1.54, 1.807) is 0 Å². The summed E-state index contributed by atoms with van der Waals surface area (Å²) in [6, 6.07) is 7.06. The normalized spacial score (nSPS) is 19.2. The fourth-order valence-corrected chi connectivity index (χ4v) is 5.29. The first kappa shape index (κ1) is 18.0. The number of halogens is 1. The zero-order valence-corrected chi connectivity index (χ0v) is 18.0. The van der Waals surface area contributed by atoms with E-state index in [4.69, 9.17) is 12.2 Å². The van der Waals surface area contributed by atoms with Crippen molar-refractivity contribution in [2.75, 3.05) is 32.1 Å². The summed E-state index contributed by atoms with van der Waals surface area (Å²) in [6.07, 6.45) is 4.59. The summed E-state index contributed by atoms with van der Waals surface area (Å²) in [6.45, 7) is 7.19. The fraction of sp³-hybridized carbons (Fsp3) is 0.450. The Bertz CT molecular complexity index is 897. The molecule has 6 heteroatoms. The quantitative estimate of drug-likeness (QED) is 0.733. The van der Waals surface area contributed by atoms with Crippen LogP contribution >= 0.6 is 28.1 Å². The first-order valence-electron chi connectivity index (χ1n) is 9.35. The maximum absolute atomic E-state index is 5.65. The third-order valence-corrected chi connectivity index (χ3v) is 6.92. The number of thiocarbonyl (C=S) groups is 1. The molecule has 2 aromatic rings. The van der Waals surface area contributed by atoms with Crippen LogP contribution in [0.3, 0.4) is 0 Å². The Balaban J connectivity index is 1.84. The Hall–Kier alpha value is -1.37. The van der Waals surface area contributed by atoms with Gasteiger partial charge in [0.2, 0.25) is 0 Å². The van der Waals surface area contributed by atoms with Gasteiger partial charge in [-0.1, -0.05) is 18.2 Å². The smallest absolute Gasteiger partial charge is 0.188 e. The molecule has 0 spiro atoms. The van der Waals surface area contributed by atoms with Gasteiger partial charge in [-0.15, -0.1) is 0 Å². The predicted molar refractivity (Wildman–Crippen MR) is 117 cm³/mol. The largest absolute Gasteiger partial charge is 0.348 e. The predicted octanol–water partition coefficient (Wildman–Crippen LogP) is 4.22. The van der Waals surface area contributed by atoms with Gasteiger partial charge in [-0.2, -0.15) is 0 Å². The lowest BCUT2D eigenvalue weighted by Crippen LogP contribution is -2.39. The first-order chi connectivity index (χ1) is 12.6. The number of fused-ring (bicyclic) bond motifs is 2. The van der Waals surface area contributed by atoms with Crippen molar-refractivity contribution in [1.82, 2.24) is 14.5 Å². The summed E-state index contributed by atoms with van der Waals surface area (Å²) in [5.41, 5.74) is 8.86. The minimum absolute atomic E-state index is 0.462. The standard InChI is InChI=1S/C20H25BrN4S/c1-4-24(5-2)20(26)22-25-16-10-6-8-14-13-9-7-11-23(3)17(13)12-15(18(14)16)19(25)21/h6,8-10,17H,4-5,7,11-12H2,1-3H3,(H,22,26)/t17-/m1/s1. The van der Waals surface area contributed by atoms with Crippen LogP contribution in [-0.2, 0) is 6.42 Å². The van der Waals surface area contributed by atoms with Crippen molar-refractivity contribution in [3.63, 3.8) is 0 Å². The van der Waals surface area contributed by atoms with Gasteiger partial charge >= 0.3 is 0 Å². The van der Waals surface area contributed by atoms with Crippen LogP contribution in [-0.4, -0.2) is 52.3 Å². The zero-order valence-electron chi connectivity index (χ0n) is 15.6. The number of likely N-dealkylation sites (N-methyl/N-ethyl adjacent to an activating group) is 1. The number of nitrogens with one attached hydrogen (secondary N) is 1. The Labute approximate surface area is 168 Å². The van der Waals surface area contributed by atoms with Gasteiger partial charge in [-0.25, -0.2) is 4.68 Å². The van der Waals surface area contributed by atoms with Crippen molar-refractivity contribution < 1.29 is 0 Å². The Kier molecular flexibility index (Phi) is 4.84. The number of hydrogen-bond acceptors (Lipinski definition) is 2. The molecule has 26 heavy (non-hydrogen) atoms. The van der Waals surface area contributed by atoms with Crippen molar-refractivity contribution in [3.8, 4) is 0 Å². The number of rotatable bonds is 3. The van der Waals surface area contributed by atoms with Crippen molar-refractivity contribution in [3.05, 3.63) is 40.0 Å². The molecule has 4 nitrogen and oxygen atoms in total. The van der Waals surface area contributed by atoms with Gasteiger partial charge in [0, 0.05) is 31.1 Å². The van der Waals surface area contributed by atoms with E-state index in [1.165, 1.54) is 27.6 Å². The minimum Gasteiger partial charge on any atom is -0.348 e. The summed E-state index contributed by atoms with van der Waals surface area (Å²) >= 11 is 9.51. The molecule has 4 rings (SSSR count). The van der Waals surface area contributed by atoms with Crippen molar-refractivity contribution in [2.45, 2.75) is 32.7 Å². The van der Waals surface area contributed by atoms with E-state index >= 15 is 0 Å². The highest BCUT2D eigenvalue weighted by Crippen LogP contribution is 2.43. The van der Waals surface area contributed by atoms with E-state index in [0.29, 0.717) is 6.04 Å². The van der Waals surface area contributed by atoms with Crippen molar-refractivity contribution in [1.29, 1.82) is 0 Å². The molecule has 0 unspecified atom stereocenters. The summed E-state index contributed by atoms with van der Waals surface area (Å²) in [5, 5.41) is 2.12. The minimum atomic E-state index is 0.462. The second-order valence-corrected chi connectivity index (χ2v) is 8.18. The van der Waals surface area contributed by atoms with Gasteiger partial charge in [0.05, 0.1) is 5.52 Å². The van der Waals surface area contributed by atoms with Gasteiger partial charge in [0.25, 0.3) is 0 Å². The second kappa shape index (κ2) is 6.98. The fourth-order valence-electron chi connectivity index (χ4n) is 4.30. The highest BCUT2D eigenvalue weighted by Gasteiger charge is 2.33. The summed E-state index contributed by atoms with van der Waals surface area (Å²) in [7, 11) is 2.24. The van der Waals surface area contributed by atoms with Gasteiger partial charge in [-0.05, 0) is 84.7 Å². The van der Waals surface area contributed by atoms with Crippen LogP contribution in [0, 0.1) is 0 Å². The molecule has 0 saturated heterocycles. The van der Waals surface area contributed by atoms with Crippen molar-refractivity contribution in [2.24, 2.45) is 0 Å². The van der Waals surface area contributed by atoms with E-state index in [2.05, 4.69) is 81.0 Å². The van der Waals surface area contributed by atoms with Gasteiger partial charge in [0.1, 0.15) is 4.60 Å². The third-order valence-electron chi connectivity index (χ3n) is 5.73. The second-order valence-electron chi connectivity index (χ2n) is 7.04. The molecule has 138 valence electrons. The number of hydrogen-bond donors (Lipinski definition) is 1. The third kappa shape index (κ3) is 2.70. The molecule has 0 bridgehead atoms. The van der Waals surface area contributed by atoms with Crippen LogP contribution in [0.4, 0.5) is 0 Å². The molecule has 0 radical (unpaired) electrons. The maximum atomic E-state index is 5.65. The molecule has 1 aromatic heterocycles. The van der Waals surface area contributed by atoms with Crippen LogP contribution in [0.2, 0.25) is 0 Å². The average molecular weight is 433 g/mol. The van der Waals surface area contributed by atoms with Gasteiger partial charge in [-0.3, -0.25) is 10.3 Å². The molecule has 0 amide bonds. The molecule has 2 aliphatic rings. The van der Waals surface area contributed by atoms with E-state index in [9.17, 15) is 0 Å². The molecule has 1 aromatic carbocycles. The lowest BCUT2D eigenvalue weighted by atomic mass is 9.82. The van der Waals surface area contributed by atoms with Crippen LogP contribution in [0.25, 0.3) is 16.5 Å². The van der Waals surface area contributed by atoms with Crippen LogP contribution < -0.4 is 5.43 Å². The van der Waals surface area contributed by atoms with E-state index in [-0.39, 0.29) is 0 Å². The molecule has 2 heterocycles. The zero-order chi connectivity index (χ0) is 18.4. The van der Waals surface area contributed by atoms with Crippen molar-refractivity contribution >= 4 is 49.7 Å². The Morgan fingerprint density at radius 3 is 2.85 bits per heavy atom. The highest BCUT2D eigenvalue weighted by atomic mass is 79.9. The van der Waals surface area contributed by atoms with E-state index in [1.807, 2.05) is 0 Å². The van der Waals surface area contributed by atoms with Crippen LogP contribution in [0.1, 0.15) is 31.4 Å². The first-order valence-corrected chi connectivity index (χ1v) is 10.5. The Morgan fingerprint density at radius 2 is 2.12 bits per heavy atom. The summed E-state index contributed by atoms with van der Waals surface area (Å²) in [5.74, 6) is 0. The molecular formula is C20H25BrN4S. The monoisotopic (exact) mass is 432 g/mol. The van der Waals surface area contributed by atoms with Crippen LogP contribution in [0.15, 0.2) is 28.9 Å². The highest BCUT2D eigenvalue weighted by molar-refractivity contribution is 9.10. The number of benzene rings is 1. The lowest BCUT2D eigenvalue weighted by Gasteiger charge is -2.36. The lowest BCUT2D eigenvalue weighted by molar-refractivity contribution is 0.281. The van der Waals surface area contributed by atoms with Gasteiger partial charge in [0.15, 0.2) is 5.11 Å². The molecule has 1 aliphatic heterocycles. The van der Waals surface area contributed by atoms with E-state index in [0.717, 1.165) is 42.2 Å². The van der Waals surface area contributed by atoms with E-state index < -0.39 is 0 Å². The molecule has 1 aliphatic carbocycles. The Morgan fingerprint density at radius 1 is 1.35 bits per heavy atom. The summed E-state index contributed by atoms with van der Waals surface area (Å²) < 4.78 is 3.21. The average Bonchev–Trinajstić information content (AvgIpc) is 2.91. The molecular weight excluding hydrogens is 408 g/mol. The molecule has 1 atom stereocenters. The number of aromatic nitrogens is 1. The summed E-state index contributed by atoms with van der Waals surface area (Å²) in [4.78, 5) is 4.64. The maximum Gasteiger partial charge on any atom is 0.188 e. The number of nitrogens with zero attached hydrogens (tertiary/aromatic N) is 3. The molecule has 0 fully saturated rings. The van der Waals surface area contributed by atoms with Gasteiger partial charge < -0.3 is 4.90 Å². The molecule has 1 N–H and O–H groups in total. The van der Waals surface area contributed by atoms with Crippen LogP contribution in [0.5, 0.6) is 0 Å².